The summed E-state index contributed by atoms with van der Waals surface area (Å²) in [4.78, 5) is 14.0. The second-order valence-electron chi connectivity index (χ2n) is 5.31. The van der Waals surface area contributed by atoms with E-state index < -0.39 is 0 Å². The van der Waals surface area contributed by atoms with E-state index in [4.69, 9.17) is 5.11 Å². The van der Waals surface area contributed by atoms with E-state index in [9.17, 15) is 4.79 Å². The minimum atomic E-state index is 0.165. The van der Waals surface area contributed by atoms with Crippen LogP contribution < -0.4 is 5.32 Å². The summed E-state index contributed by atoms with van der Waals surface area (Å²) in [5, 5.41) is 12.2. The highest BCUT2D eigenvalue weighted by Crippen LogP contribution is 2.22. The lowest BCUT2D eigenvalue weighted by Gasteiger charge is -2.38. The molecule has 0 bridgehead atoms. The first-order valence-electron chi connectivity index (χ1n) is 7.33. The Kier molecular flexibility index (Phi) is 7.28. The Morgan fingerprint density at radius 1 is 1.33 bits per heavy atom. The van der Waals surface area contributed by atoms with Gasteiger partial charge in [-0.2, -0.15) is 0 Å². The van der Waals surface area contributed by atoms with Gasteiger partial charge in [-0.05, 0) is 25.2 Å². The van der Waals surface area contributed by atoms with Crippen molar-refractivity contribution in [1.29, 1.82) is 0 Å². The van der Waals surface area contributed by atoms with Crippen LogP contribution >= 0.6 is 0 Å². The van der Waals surface area contributed by atoms with Gasteiger partial charge in [0.2, 0.25) is 5.91 Å². The van der Waals surface area contributed by atoms with E-state index in [0.29, 0.717) is 24.9 Å². The van der Waals surface area contributed by atoms with Gasteiger partial charge < -0.3 is 15.3 Å². The van der Waals surface area contributed by atoms with E-state index in [0.717, 1.165) is 25.9 Å². The van der Waals surface area contributed by atoms with E-state index in [1.54, 1.807) is 0 Å². The normalized spacial score (nSPS) is 24.3. The van der Waals surface area contributed by atoms with Crippen molar-refractivity contribution in [2.45, 2.75) is 52.0 Å². The second-order valence-corrected chi connectivity index (χ2v) is 5.31. The van der Waals surface area contributed by atoms with Crippen molar-refractivity contribution in [2.75, 3.05) is 26.2 Å². The molecule has 1 amide bonds. The molecule has 0 saturated carbocycles. The highest BCUT2D eigenvalue weighted by molar-refractivity contribution is 5.76. The number of nitrogens with zero attached hydrogens (tertiary/aromatic N) is 1. The van der Waals surface area contributed by atoms with Gasteiger partial charge in [-0.25, -0.2) is 0 Å². The third-order valence-corrected chi connectivity index (χ3v) is 3.60. The van der Waals surface area contributed by atoms with Gasteiger partial charge in [-0.15, -0.1) is 0 Å². The summed E-state index contributed by atoms with van der Waals surface area (Å²) < 4.78 is 0. The predicted octanol–water partition coefficient (Wildman–Crippen LogP) is 1.39. The van der Waals surface area contributed by atoms with Gasteiger partial charge in [0, 0.05) is 32.1 Å². The molecule has 0 radical (unpaired) electrons. The van der Waals surface area contributed by atoms with E-state index >= 15 is 0 Å². The number of aliphatic hydroxyl groups is 1. The number of rotatable bonds is 7. The van der Waals surface area contributed by atoms with Crippen LogP contribution in [0, 0.1) is 5.92 Å². The molecule has 0 aliphatic carbocycles. The first-order valence-corrected chi connectivity index (χ1v) is 7.33. The fourth-order valence-electron chi connectivity index (χ4n) is 2.81. The van der Waals surface area contributed by atoms with Crippen molar-refractivity contribution in [3.63, 3.8) is 0 Å². The van der Waals surface area contributed by atoms with Gasteiger partial charge in [0.1, 0.15) is 0 Å². The highest BCUT2D eigenvalue weighted by Gasteiger charge is 2.28. The number of likely N-dealkylation sites (tertiary alicyclic amines) is 1. The minimum Gasteiger partial charge on any atom is -0.395 e. The Labute approximate surface area is 111 Å². The molecule has 1 aliphatic rings. The summed E-state index contributed by atoms with van der Waals surface area (Å²) in [6, 6.07) is 0.350. The quantitative estimate of drug-likeness (QED) is 0.723. The molecule has 1 rings (SSSR count). The first-order chi connectivity index (χ1) is 8.71. The van der Waals surface area contributed by atoms with Crippen LogP contribution in [0.4, 0.5) is 0 Å². The van der Waals surface area contributed by atoms with Crippen molar-refractivity contribution < 1.29 is 9.90 Å². The molecule has 0 aromatic rings. The fourth-order valence-corrected chi connectivity index (χ4v) is 2.81. The molecule has 2 atom stereocenters. The lowest BCUT2D eigenvalue weighted by Crippen LogP contribution is -2.51. The van der Waals surface area contributed by atoms with Crippen LogP contribution in [0.1, 0.15) is 46.0 Å². The van der Waals surface area contributed by atoms with Crippen LogP contribution in [-0.2, 0) is 4.79 Å². The summed E-state index contributed by atoms with van der Waals surface area (Å²) in [6.45, 7) is 6.76. The molecule has 1 fully saturated rings. The fraction of sp³-hybridized carbons (Fsp3) is 0.929. The van der Waals surface area contributed by atoms with E-state index in [1.807, 2.05) is 11.8 Å². The predicted molar refractivity (Wildman–Crippen MR) is 73.4 cm³/mol. The van der Waals surface area contributed by atoms with Gasteiger partial charge in [-0.1, -0.05) is 20.3 Å². The molecule has 0 aromatic carbocycles. The number of nitrogens with one attached hydrogen (secondary N) is 1. The third kappa shape index (κ3) is 4.94. The van der Waals surface area contributed by atoms with Crippen molar-refractivity contribution in [2.24, 2.45) is 5.92 Å². The molecule has 2 unspecified atom stereocenters. The number of hydrogen-bond acceptors (Lipinski definition) is 3. The summed E-state index contributed by atoms with van der Waals surface area (Å²) >= 11 is 0. The number of hydrogen-bond donors (Lipinski definition) is 2. The molecule has 0 spiro atoms. The molecule has 4 heteroatoms. The first kappa shape index (κ1) is 15.4. The van der Waals surface area contributed by atoms with Crippen LogP contribution in [0.3, 0.4) is 0 Å². The smallest absolute Gasteiger partial charge is 0.222 e. The Morgan fingerprint density at radius 3 is 2.72 bits per heavy atom. The molecule has 0 aromatic heterocycles. The maximum absolute atomic E-state index is 12.0. The molecule has 4 nitrogen and oxygen atoms in total. The highest BCUT2D eigenvalue weighted by atomic mass is 16.3. The molecule has 1 saturated heterocycles. The van der Waals surface area contributed by atoms with Crippen molar-refractivity contribution >= 4 is 5.91 Å². The van der Waals surface area contributed by atoms with Gasteiger partial charge in [0.05, 0.1) is 6.61 Å². The topological polar surface area (TPSA) is 52.6 Å². The van der Waals surface area contributed by atoms with Crippen LogP contribution in [0.2, 0.25) is 0 Å². The van der Waals surface area contributed by atoms with Crippen molar-refractivity contribution in [3.05, 3.63) is 0 Å². The largest absolute Gasteiger partial charge is 0.395 e. The Hall–Kier alpha value is -0.610. The average Bonchev–Trinajstić information content (AvgIpc) is 2.37. The number of aliphatic hydroxyl groups excluding tert-OH is 1. The van der Waals surface area contributed by atoms with Gasteiger partial charge in [0.15, 0.2) is 0 Å². The molecule has 1 heterocycles. The average molecular weight is 256 g/mol. The van der Waals surface area contributed by atoms with Crippen LogP contribution in [-0.4, -0.2) is 48.2 Å². The zero-order valence-corrected chi connectivity index (χ0v) is 11.8. The maximum Gasteiger partial charge on any atom is 0.222 e. The number of carbonyl (C=O) groups excluding carboxylic acids is 1. The lowest BCUT2D eigenvalue weighted by molar-refractivity contribution is -0.133. The Bertz CT molecular complexity index is 246. The zero-order chi connectivity index (χ0) is 13.4. The van der Waals surface area contributed by atoms with Gasteiger partial charge in [0.25, 0.3) is 0 Å². The van der Waals surface area contributed by atoms with Gasteiger partial charge in [-0.3, -0.25) is 4.79 Å². The van der Waals surface area contributed by atoms with Crippen molar-refractivity contribution in [3.8, 4) is 0 Å². The van der Waals surface area contributed by atoms with E-state index in [-0.39, 0.29) is 12.5 Å². The van der Waals surface area contributed by atoms with E-state index in [2.05, 4.69) is 12.2 Å². The molecule has 1 aliphatic heterocycles. The summed E-state index contributed by atoms with van der Waals surface area (Å²) in [5.41, 5.74) is 0. The second kappa shape index (κ2) is 8.48. The van der Waals surface area contributed by atoms with E-state index in [1.165, 1.54) is 12.8 Å². The minimum absolute atomic E-state index is 0.165. The molecule has 18 heavy (non-hydrogen) atoms. The third-order valence-electron chi connectivity index (χ3n) is 3.60. The van der Waals surface area contributed by atoms with Crippen molar-refractivity contribution in [1.82, 2.24) is 10.2 Å². The van der Waals surface area contributed by atoms with Crippen LogP contribution in [0.25, 0.3) is 0 Å². The molecular formula is C14H28N2O2. The zero-order valence-electron chi connectivity index (χ0n) is 11.8. The Balaban J connectivity index is 2.52. The number of piperidine rings is 1. The molecular weight excluding hydrogens is 228 g/mol. The monoisotopic (exact) mass is 256 g/mol. The number of amides is 1. The van der Waals surface area contributed by atoms with Gasteiger partial charge >= 0.3 is 0 Å². The summed E-state index contributed by atoms with van der Waals surface area (Å²) in [5.74, 6) is 0.898. The standard InChI is InChI=1S/C14H28N2O2/c1-3-5-12-9-13(15-7-8-17)11-16(10-12)14(18)6-4-2/h12-13,15,17H,3-11H2,1-2H3. The lowest BCUT2D eigenvalue weighted by atomic mass is 9.90. The summed E-state index contributed by atoms with van der Waals surface area (Å²) in [6.07, 6.45) is 5.07. The SMILES string of the molecule is CCCC(=O)N1CC(CCC)CC(NCCO)C1. The Morgan fingerprint density at radius 2 is 2.11 bits per heavy atom. The summed E-state index contributed by atoms with van der Waals surface area (Å²) in [7, 11) is 0. The molecule has 2 N–H and O–H groups in total. The van der Waals surface area contributed by atoms with Crippen LogP contribution in [0.15, 0.2) is 0 Å². The maximum atomic E-state index is 12.0. The van der Waals surface area contributed by atoms with Crippen LogP contribution in [0.5, 0.6) is 0 Å². The number of carbonyl (C=O) groups is 1. The molecule has 106 valence electrons.